The molecule has 34 heteroatoms. The number of rotatable bonds is 20. The molecule has 11 rings (SSSR count). The van der Waals surface area contributed by atoms with Crippen molar-refractivity contribution in [3.63, 3.8) is 0 Å². The number of ether oxygens (including phenoxy) is 8. The molecular formula is C97H134LiN10NaO22. The average molecular weight is 1820 g/mol. The zero-order valence-corrected chi connectivity index (χ0v) is 70.9. The third-order valence-corrected chi connectivity index (χ3v) is 14.3. The summed E-state index contributed by atoms with van der Waals surface area (Å²) in [5.41, 5.74) is 19.1. The number of pyridine rings is 5. The number of nitrogens with one attached hydrogen (secondary N) is 2. The fourth-order valence-electron chi connectivity index (χ4n) is 8.97. The molecule has 6 aromatic carbocycles. The predicted molar refractivity (Wildman–Crippen MR) is 519 cm³/mol. The van der Waals surface area contributed by atoms with Crippen LogP contribution in [0.1, 0.15) is 134 Å². The molecule has 0 radical (unpaired) electrons. The number of amides is 1. The van der Waals surface area contributed by atoms with E-state index in [9.17, 15) is 47.9 Å². The number of esters is 5. The molecule has 0 saturated heterocycles. The van der Waals surface area contributed by atoms with E-state index < -0.39 is 52.8 Å². The van der Waals surface area contributed by atoms with Crippen LogP contribution in [0.15, 0.2) is 324 Å². The second-order valence-corrected chi connectivity index (χ2v) is 21.9. The van der Waals surface area contributed by atoms with Gasteiger partial charge in [-0.15, -0.1) is 0 Å². The molecule has 131 heavy (non-hydrogen) atoms. The molecule has 0 unspecified atom stereocenters. The number of carbonyl (C=O) groups is 7. The number of nitrogens with zero attached hydrogens (tertiary/aromatic N) is 5. The number of carbonyl (C=O) groups excluding carboxylic acids is 6. The van der Waals surface area contributed by atoms with Crippen molar-refractivity contribution in [1.82, 2.24) is 23.7 Å². The minimum atomic E-state index is -1.21. The summed E-state index contributed by atoms with van der Waals surface area (Å²) < 4.78 is 42.3. The van der Waals surface area contributed by atoms with Gasteiger partial charge in [-0.2, -0.15) is 0 Å². The van der Waals surface area contributed by atoms with Crippen LogP contribution < -0.4 is 102 Å². The molecule has 5 heterocycles. The van der Waals surface area contributed by atoms with E-state index in [-0.39, 0.29) is 163 Å². The smallest absolute Gasteiger partial charge is 1.00 e. The minimum Gasteiger partial charge on any atom is -1.00 e. The van der Waals surface area contributed by atoms with E-state index in [1.165, 1.54) is 118 Å². The van der Waals surface area contributed by atoms with Crippen LogP contribution in [0.2, 0.25) is 0 Å². The summed E-state index contributed by atoms with van der Waals surface area (Å²) in [6, 6.07) is 66.3. The van der Waals surface area contributed by atoms with Gasteiger partial charge in [0.2, 0.25) is 0 Å². The Labute approximate surface area is 807 Å². The molecule has 0 bridgehead atoms. The van der Waals surface area contributed by atoms with Gasteiger partial charge in [-0.3, -0.25) is 38.1 Å². The summed E-state index contributed by atoms with van der Waals surface area (Å²) in [7, 11) is 8.64. The van der Waals surface area contributed by atoms with Gasteiger partial charge >= 0.3 is 84.2 Å². The zero-order chi connectivity index (χ0) is 87.2. The Hall–Kier alpha value is -14.2. The second-order valence-electron chi connectivity index (χ2n) is 21.9. The number of nitrogens with two attached hydrogens (primary N) is 3. The van der Waals surface area contributed by atoms with Gasteiger partial charge in [0.1, 0.15) is 62.5 Å². The molecule has 0 aliphatic rings. The van der Waals surface area contributed by atoms with Gasteiger partial charge < -0.3 is 77.7 Å². The third-order valence-electron chi connectivity index (χ3n) is 14.3. The van der Waals surface area contributed by atoms with Gasteiger partial charge in [-0.1, -0.05) is 175 Å². The van der Waals surface area contributed by atoms with Gasteiger partial charge in [0.05, 0.1) is 56.0 Å². The number of carboxylic acid groups (broad SMARTS) is 1. The first kappa shape index (κ1) is 140. The van der Waals surface area contributed by atoms with Crippen molar-refractivity contribution < 1.29 is 142 Å². The van der Waals surface area contributed by atoms with Crippen LogP contribution in [0.4, 0.5) is 28.7 Å². The predicted octanol–water partition coefficient (Wildman–Crippen LogP) is 13.8. The summed E-state index contributed by atoms with van der Waals surface area (Å²) >= 11 is 0. The van der Waals surface area contributed by atoms with Crippen molar-refractivity contribution in [3.8, 4) is 40.1 Å². The molecular weight excluding hydrogens is 1690 g/mol. The number of hydrogen-bond donors (Lipinski definition) is 7. The Morgan fingerprint density at radius 3 is 1.06 bits per heavy atom. The largest absolute Gasteiger partial charge is 1.00 e. The van der Waals surface area contributed by atoms with Crippen LogP contribution in [0, 0.1) is 0 Å². The number of benzene rings is 6. The molecule has 0 aliphatic carbocycles. The van der Waals surface area contributed by atoms with Crippen molar-refractivity contribution in [3.05, 3.63) is 357 Å². The van der Waals surface area contributed by atoms with Gasteiger partial charge in [0.15, 0.2) is 0 Å². The number of allylic oxidation sites excluding steroid dienone is 4. The first-order chi connectivity index (χ1) is 57.0. The number of carboxylic acids is 1. The maximum atomic E-state index is 12.8. The Bertz CT molecular complexity index is 5250. The fourth-order valence-corrected chi connectivity index (χ4v) is 8.97. The number of methoxy groups -OCH3 is 6. The first-order valence-corrected chi connectivity index (χ1v) is 35.3. The normalized spacial score (nSPS) is 8.67. The van der Waals surface area contributed by atoms with Gasteiger partial charge in [0.25, 0.3) is 22.6 Å². The monoisotopic (exact) mass is 1820 g/mol. The van der Waals surface area contributed by atoms with Gasteiger partial charge in [-0.05, 0) is 170 Å². The van der Waals surface area contributed by atoms with Crippen molar-refractivity contribution in [2.75, 3.05) is 77.6 Å². The quantitative estimate of drug-likeness (QED) is 0.00318. The molecule has 11 N–H and O–H groups in total. The van der Waals surface area contributed by atoms with Gasteiger partial charge in [-0.25, -0.2) is 43.6 Å². The maximum Gasteiger partial charge on any atom is 1.00 e. The van der Waals surface area contributed by atoms with Gasteiger partial charge in [0, 0.05) is 83.4 Å². The summed E-state index contributed by atoms with van der Waals surface area (Å²) in [5.74, 6) is -2.00. The van der Waals surface area contributed by atoms with Crippen LogP contribution >= 0.6 is 0 Å². The number of aromatic nitrogens is 5. The van der Waals surface area contributed by atoms with E-state index >= 15 is 0 Å². The summed E-state index contributed by atoms with van der Waals surface area (Å²) in [6.07, 6.45) is 16.4. The van der Waals surface area contributed by atoms with Crippen LogP contribution in [0.25, 0.3) is 17.1 Å². The van der Waals surface area contributed by atoms with Crippen molar-refractivity contribution in [2.24, 2.45) is 0 Å². The van der Waals surface area contributed by atoms with Crippen LogP contribution in [-0.4, -0.2) is 131 Å². The second kappa shape index (κ2) is 80.4. The summed E-state index contributed by atoms with van der Waals surface area (Å²) in [6.45, 7) is 8.00. The van der Waals surface area contributed by atoms with E-state index in [0.29, 0.717) is 57.3 Å². The fraction of sp³-hybridized carbons (Fsp3) is 0.216. The molecule has 1 amide bonds. The Morgan fingerprint density at radius 1 is 0.405 bits per heavy atom. The molecule has 0 atom stereocenters. The van der Waals surface area contributed by atoms with Crippen LogP contribution in [0.5, 0.6) is 23.0 Å². The van der Waals surface area contributed by atoms with E-state index in [0.717, 1.165) is 11.4 Å². The molecule has 11 aromatic rings. The average Bonchev–Trinajstić information content (AvgIpc) is 0.826. The minimum absolute atomic E-state index is 0. The molecule has 5 aromatic heterocycles. The Kier molecular flexibility index (Phi) is 85.8. The molecule has 706 valence electrons. The van der Waals surface area contributed by atoms with Crippen LogP contribution in [0.3, 0.4) is 0 Å². The van der Waals surface area contributed by atoms with E-state index in [1.54, 1.807) is 171 Å². The number of aromatic carboxylic acids is 1. The standard InChI is InChI=1S/C23H18N4O3.C14H15NO4.C13H11NO3.C12H9NO3.C11H11N3O.C9H12O5.2C2H6.CH4O2.10CH4.Li.Na.H2O.H/c24-21-15-19(12-13-25-21)30-18-10-8-16(9-11-18)26-22(28)20-7-4-14-27(23(20)29)17-5-2-1-3-6-17;1-18-13(16)12(14(17)19-2)9-6-10-15-11-7-4-3-5-8-11;1-17-13(16)11-8-5-9-14(12(11)15)10-6-3-2-4-7-10;14-11-10(12(15)16)7-4-8-13(11)9-5-2-1-3-6-9;12-8-1-3-9(4-2-8)15-10-5-6-14-11(13)7-10;1-12-6-4-5-7(8(10)13-2)9(11)14-3;2*1-2;1-3-2;;;;;;;;;;;;;;/h1-15H,(H2,24,25)(H,26,28);3-10,15H,1-2H3;2-9H,1H3;1-8H,(H,15,16);1-7H,12H2,(H2,13,14);4-6H,1-3H3;2*1-2H3;2H,1H3;10*1H4;;;1H2;/q;;;;;;;;;;;;;;;;;;;2*+1;;-1/p-1/b;10-6+;;;;6-4+;;;;;;;;;;;;;;;;;. The topological polar surface area (TPSA) is 467 Å². The number of hydrogen-bond acceptors (Lipinski definition) is 27. The molecule has 32 nitrogen and oxygen atoms in total. The molecule has 0 aliphatic heterocycles. The van der Waals surface area contributed by atoms with E-state index in [2.05, 4.69) is 53.9 Å². The zero-order valence-electron chi connectivity index (χ0n) is 69.9. The first-order valence-electron chi connectivity index (χ1n) is 35.3. The molecule has 0 fully saturated rings. The number of anilines is 5. The molecule has 0 saturated carbocycles. The summed E-state index contributed by atoms with van der Waals surface area (Å²) in [5, 5.41) is 21.6. The van der Waals surface area contributed by atoms with Crippen molar-refractivity contribution >= 4 is 70.4 Å². The maximum absolute atomic E-state index is 12.8. The van der Waals surface area contributed by atoms with Crippen molar-refractivity contribution in [2.45, 2.75) is 102 Å². The van der Waals surface area contributed by atoms with E-state index in [1.807, 2.05) is 100 Å². The third kappa shape index (κ3) is 49.6. The number of para-hydroxylation sites is 4. The van der Waals surface area contributed by atoms with Crippen molar-refractivity contribution in [1.29, 1.82) is 0 Å². The Morgan fingerprint density at radius 2 is 0.725 bits per heavy atom. The number of nitrogen functional groups attached to an aromatic ring is 3. The Balaban J connectivity index is -0.000000129. The SMILES string of the molecule is C.C.C.C.C.C.C.C.C.C.CC.CC.CO/C=C/C=C(C(=O)OC)C(=O)OC.COC(=O)C(=C/C=C/Nc1ccccc1)C(=O)OC.COC(=O)c1cccn(-c2ccccc2)c1=O.COO.Nc1cc(Oc2ccc(NC(=O)c3cccn(-c4ccccc4)c3=O)cc2)ccn1.Nc1ccc(Oc2ccnc(N)c2)cc1.O=C(O)c1cccn(-c2ccccc2)c1=O.[H-].[Li+].[Na+].[OH-]. The summed E-state index contributed by atoms with van der Waals surface area (Å²) in [4.78, 5) is 127. The molecule has 0 spiro atoms. The van der Waals surface area contributed by atoms with E-state index in [4.69, 9.17) is 37.0 Å². The van der Waals surface area contributed by atoms with Crippen LogP contribution in [-0.2, 0) is 52.5 Å².